The Labute approximate surface area is 209 Å². The van der Waals surface area contributed by atoms with E-state index in [1.54, 1.807) is 12.1 Å². The summed E-state index contributed by atoms with van der Waals surface area (Å²) < 4.78 is 2.26. The van der Waals surface area contributed by atoms with Gasteiger partial charge in [-0.05, 0) is 46.9 Å². The first-order chi connectivity index (χ1) is 17.5. The molecule has 2 N–H and O–H groups in total. The second-order valence-electron chi connectivity index (χ2n) is 9.06. The molecule has 1 aliphatic rings. The third-order valence-electron chi connectivity index (χ3n) is 6.58. The number of amides is 1. The van der Waals surface area contributed by atoms with Crippen LogP contribution in [0.3, 0.4) is 0 Å². The van der Waals surface area contributed by atoms with Crippen LogP contribution in [0.15, 0.2) is 71.8 Å². The maximum atomic E-state index is 11.6. The van der Waals surface area contributed by atoms with E-state index in [-0.39, 0.29) is 5.91 Å². The first-order valence-electron chi connectivity index (χ1n) is 12.3. The third-order valence-corrected chi connectivity index (χ3v) is 6.58. The fourth-order valence-corrected chi connectivity index (χ4v) is 4.63. The number of carbonyl (C=O) groups is 2. The molecule has 0 radical (unpaired) electrons. The summed E-state index contributed by atoms with van der Waals surface area (Å²) in [6.07, 6.45) is 4.09. The van der Waals surface area contributed by atoms with Crippen molar-refractivity contribution in [3.8, 4) is 11.1 Å². The van der Waals surface area contributed by atoms with Gasteiger partial charge in [-0.2, -0.15) is 5.10 Å². The lowest BCUT2D eigenvalue weighted by molar-refractivity contribution is -0.121. The monoisotopic (exact) mass is 480 g/mol. The largest absolute Gasteiger partial charge is 0.478 e. The molecule has 0 saturated carbocycles. The van der Waals surface area contributed by atoms with Gasteiger partial charge in [0.05, 0.1) is 22.3 Å². The molecule has 0 fully saturated rings. The summed E-state index contributed by atoms with van der Waals surface area (Å²) in [5.74, 6) is 0.0578. The predicted octanol–water partition coefficient (Wildman–Crippen LogP) is 5.41. The van der Waals surface area contributed by atoms with Crippen molar-refractivity contribution < 1.29 is 14.7 Å². The Morgan fingerprint density at radius 3 is 2.53 bits per heavy atom. The Kier molecular flexibility index (Phi) is 6.62. The summed E-state index contributed by atoms with van der Waals surface area (Å²) in [6, 6.07) is 21.3. The Balaban J connectivity index is 1.49. The molecular formula is C29H28N4O3. The van der Waals surface area contributed by atoms with Crippen molar-refractivity contribution in [1.82, 2.24) is 15.0 Å². The SMILES string of the molecule is CCCCc1nc2ccc(C3=NNC(=O)CC3)cc2n1Cc1ccc(-c2ccccc2C(=O)O)cc1. The van der Waals surface area contributed by atoms with Gasteiger partial charge in [-0.1, -0.05) is 61.9 Å². The number of hydrogen-bond donors (Lipinski definition) is 2. The highest BCUT2D eigenvalue weighted by atomic mass is 16.4. The fraction of sp³-hybridized carbons (Fsp3) is 0.241. The number of nitrogens with zero attached hydrogens (tertiary/aromatic N) is 3. The molecule has 1 aliphatic heterocycles. The molecule has 4 aromatic rings. The zero-order chi connectivity index (χ0) is 25.1. The number of aryl methyl sites for hydroxylation is 1. The molecule has 0 saturated heterocycles. The minimum atomic E-state index is -0.932. The first kappa shape index (κ1) is 23.5. The summed E-state index contributed by atoms with van der Waals surface area (Å²) in [4.78, 5) is 28.1. The molecular weight excluding hydrogens is 452 g/mol. The number of carboxylic acid groups (broad SMARTS) is 1. The highest BCUT2D eigenvalue weighted by Gasteiger charge is 2.17. The lowest BCUT2D eigenvalue weighted by Crippen LogP contribution is -2.25. The zero-order valence-electron chi connectivity index (χ0n) is 20.2. The molecule has 1 amide bonds. The molecule has 0 spiro atoms. The van der Waals surface area contributed by atoms with Crippen LogP contribution in [0.5, 0.6) is 0 Å². The maximum absolute atomic E-state index is 11.6. The number of fused-ring (bicyclic) bond motifs is 1. The topological polar surface area (TPSA) is 96.6 Å². The van der Waals surface area contributed by atoms with Gasteiger partial charge in [0.2, 0.25) is 5.91 Å². The highest BCUT2D eigenvalue weighted by molar-refractivity contribution is 6.05. The van der Waals surface area contributed by atoms with E-state index in [9.17, 15) is 14.7 Å². The van der Waals surface area contributed by atoms with Gasteiger partial charge in [0.1, 0.15) is 5.82 Å². The third kappa shape index (κ3) is 4.77. The molecule has 0 aliphatic carbocycles. The Hall–Kier alpha value is -4.26. The first-order valence-corrected chi connectivity index (χ1v) is 12.3. The van der Waals surface area contributed by atoms with Crippen LogP contribution in [-0.2, 0) is 17.8 Å². The van der Waals surface area contributed by atoms with E-state index in [2.05, 4.69) is 28.1 Å². The number of hydrazone groups is 1. The molecule has 36 heavy (non-hydrogen) atoms. The zero-order valence-corrected chi connectivity index (χ0v) is 20.2. The molecule has 0 bridgehead atoms. The second-order valence-corrected chi connectivity index (χ2v) is 9.06. The molecule has 2 heterocycles. The average Bonchev–Trinajstić information content (AvgIpc) is 3.24. The molecule has 7 heteroatoms. The molecule has 5 rings (SSSR count). The standard InChI is InChI=1S/C29H28N4O3/c1-2-3-8-27-30-25-14-13-21(24-15-16-28(34)32-31-24)17-26(25)33(27)18-19-9-11-20(12-10-19)22-6-4-5-7-23(22)29(35)36/h4-7,9-14,17H,2-3,8,15-16,18H2,1H3,(H,32,34)(H,35,36). The number of rotatable bonds is 8. The normalized spacial score (nSPS) is 13.5. The summed E-state index contributed by atoms with van der Waals surface area (Å²) in [6.45, 7) is 2.83. The van der Waals surface area contributed by atoms with E-state index in [4.69, 9.17) is 4.98 Å². The van der Waals surface area contributed by atoms with E-state index in [1.165, 1.54) is 0 Å². The number of aromatic nitrogens is 2. The molecule has 182 valence electrons. The number of aromatic carboxylic acids is 1. The highest BCUT2D eigenvalue weighted by Crippen LogP contribution is 2.26. The Bertz CT molecular complexity index is 1470. The van der Waals surface area contributed by atoms with Crippen molar-refractivity contribution >= 4 is 28.6 Å². The second kappa shape index (κ2) is 10.2. The van der Waals surface area contributed by atoms with Crippen molar-refractivity contribution in [2.45, 2.75) is 45.6 Å². The van der Waals surface area contributed by atoms with Crippen LogP contribution in [0.1, 0.15) is 59.9 Å². The van der Waals surface area contributed by atoms with Crippen LogP contribution in [0.25, 0.3) is 22.2 Å². The predicted molar refractivity (Wildman–Crippen MR) is 140 cm³/mol. The Morgan fingerprint density at radius 1 is 1.03 bits per heavy atom. The van der Waals surface area contributed by atoms with E-state index in [0.717, 1.165) is 58.5 Å². The van der Waals surface area contributed by atoms with Gasteiger partial charge in [-0.25, -0.2) is 15.2 Å². The Morgan fingerprint density at radius 2 is 1.81 bits per heavy atom. The van der Waals surface area contributed by atoms with E-state index < -0.39 is 5.97 Å². The maximum Gasteiger partial charge on any atom is 0.336 e. The number of carbonyl (C=O) groups excluding carboxylic acids is 1. The molecule has 3 aromatic carbocycles. The van der Waals surface area contributed by atoms with E-state index in [0.29, 0.717) is 30.5 Å². The fourth-order valence-electron chi connectivity index (χ4n) is 4.63. The number of hydrogen-bond acceptors (Lipinski definition) is 4. The van der Waals surface area contributed by atoms with Gasteiger partial charge in [-0.15, -0.1) is 0 Å². The lowest BCUT2D eigenvalue weighted by Gasteiger charge is -2.13. The minimum Gasteiger partial charge on any atom is -0.478 e. The van der Waals surface area contributed by atoms with Gasteiger partial charge in [-0.3, -0.25) is 4.79 Å². The number of unbranched alkanes of at least 4 members (excludes halogenated alkanes) is 1. The van der Waals surface area contributed by atoms with Crippen LogP contribution < -0.4 is 5.43 Å². The van der Waals surface area contributed by atoms with Gasteiger partial charge in [0, 0.05) is 25.8 Å². The smallest absolute Gasteiger partial charge is 0.336 e. The van der Waals surface area contributed by atoms with Crippen molar-refractivity contribution in [2.75, 3.05) is 0 Å². The summed E-state index contributed by atoms with van der Waals surface area (Å²) in [5, 5.41) is 13.8. The number of imidazole rings is 1. The van der Waals surface area contributed by atoms with Gasteiger partial charge in [0.25, 0.3) is 0 Å². The quantitative estimate of drug-likeness (QED) is 0.353. The van der Waals surface area contributed by atoms with Gasteiger partial charge < -0.3 is 9.67 Å². The van der Waals surface area contributed by atoms with E-state index >= 15 is 0 Å². The lowest BCUT2D eigenvalue weighted by atomic mass is 9.98. The summed E-state index contributed by atoms with van der Waals surface area (Å²) in [5.41, 5.74) is 9.42. The summed E-state index contributed by atoms with van der Waals surface area (Å²) >= 11 is 0. The van der Waals surface area contributed by atoms with Crippen LogP contribution in [0.4, 0.5) is 0 Å². The van der Waals surface area contributed by atoms with Crippen molar-refractivity contribution in [3.05, 3.63) is 89.2 Å². The number of carboxylic acids is 1. The molecule has 0 unspecified atom stereocenters. The van der Waals surface area contributed by atoms with Crippen molar-refractivity contribution in [3.63, 3.8) is 0 Å². The molecule has 7 nitrogen and oxygen atoms in total. The molecule has 1 aromatic heterocycles. The van der Waals surface area contributed by atoms with Crippen molar-refractivity contribution in [2.24, 2.45) is 5.10 Å². The number of nitrogens with one attached hydrogen (secondary N) is 1. The molecule has 0 atom stereocenters. The van der Waals surface area contributed by atoms with Crippen molar-refractivity contribution in [1.29, 1.82) is 0 Å². The van der Waals surface area contributed by atoms with Crippen LogP contribution in [0.2, 0.25) is 0 Å². The van der Waals surface area contributed by atoms with Crippen LogP contribution in [-0.4, -0.2) is 32.2 Å². The van der Waals surface area contributed by atoms with Crippen LogP contribution >= 0.6 is 0 Å². The van der Waals surface area contributed by atoms with Gasteiger partial charge in [0.15, 0.2) is 0 Å². The van der Waals surface area contributed by atoms with Crippen LogP contribution in [0, 0.1) is 0 Å². The average molecular weight is 481 g/mol. The number of benzene rings is 3. The summed E-state index contributed by atoms with van der Waals surface area (Å²) in [7, 11) is 0. The minimum absolute atomic E-state index is 0.0545. The van der Waals surface area contributed by atoms with E-state index in [1.807, 2.05) is 48.5 Å². The van der Waals surface area contributed by atoms with Gasteiger partial charge >= 0.3 is 5.97 Å².